The number of ether oxygens (including phenoxy) is 1. The molecular formula is C31H32ClF2NO2. The van der Waals surface area contributed by atoms with Gasteiger partial charge in [0, 0.05) is 29.2 Å². The summed E-state index contributed by atoms with van der Waals surface area (Å²) in [6, 6.07) is 19.9. The first kappa shape index (κ1) is 25.7. The number of benzene rings is 3. The Hall–Kier alpha value is -2.89. The van der Waals surface area contributed by atoms with Crippen LogP contribution in [0.2, 0.25) is 5.02 Å². The lowest BCUT2D eigenvalue weighted by Gasteiger charge is -2.19. The maximum Gasteiger partial charge on any atom is 0.172 e. The number of rotatable bonds is 8. The first-order chi connectivity index (χ1) is 18.1. The predicted octanol–water partition coefficient (Wildman–Crippen LogP) is 8.02. The van der Waals surface area contributed by atoms with Crippen molar-refractivity contribution in [1.82, 2.24) is 4.90 Å². The van der Waals surface area contributed by atoms with Crippen molar-refractivity contribution in [1.29, 1.82) is 0 Å². The van der Waals surface area contributed by atoms with Crippen molar-refractivity contribution in [2.24, 2.45) is 0 Å². The van der Waals surface area contributed by atoms with Crippen molar-refractivity contribution in [2.75, 3.05) is 26.3 Å². The lowest BCUT2D eigenvalue weighted by Crippen LogP contribution is -2.26. The van der Waals surface area contributed by atoms with Gasteiger partial charge in [0.15, 0.2) is 5.75 Å². The quantitative estimate of drug-likeness (QED) is 0.298. The molecule has 0 saturated carbocycles. The molecule has 0 unspecified atom stereocenters. The Morgan fingerprint density at radius 2 is 1.76 bits per heavy atom. The zero-order valence-electron chi connectivity index (χ0n) is 21.1. The molecule has 6 heteroatoms. The average Bonchev–Trinajstić information content (AvgIpc) is 3.27. The van der Waals surface area contributed by atoms with Crippen LogP contribution in [0.25, 0.3) is 11.1 Å². The number of hydrogen-bond acceptors (Lipinski definition) is 3. The van der Waals surface area contributed by atoms with Crippen LogP contribution in [0, 0.1) is 6.92 Å². The van der Waals surface area contributed by atoms with Crippen molar-refractivity contribution < 1.29 is 18.6 Å². The SMILES string of the molecule is Cc1ccc(C2=C(c3ccc(O[C@H]4CCN(CCCF)C4)cc3)c3ccc(OF)cc3CCC2)cc1Cl. The van der Waals surface area contributed by atoms with Crippen molar-refractivity contribution in [3.63, 3.8) is 0 Å². The highest BCUT2D eigenvalue weighted by Crippen LogP contribution is 2.42. The van der Waals surface area contributed by atoms with E-state index in [1.807, 2.05) is 31.2 Å². The molecule has 0 bridgehead atoms. The average molecular weight is 524 g/mol. The summed E-state index contributed by atoms with van der Waals surface area (Å²) in [5, 5.41) is 0.746. The standard InChI is InChI=1S/C31H32ClF2NO2/c1-21-6-7-24(19-30(21)32)28-5-2-4-23-18-26(37-34)12-13-29(23)31(28)22-8-10-25(11-9-22)36-27-14-17-35(20-27)16-3-15-33/h6-13,18-19,27H,2-5,14-17,20H2,1H3/t27-/m0/s1. The first-order valence-corrected chi connectivity index (χ1v) is 13.4. The molecule has 0 aromatic heterocycles. The van der Waals surface area contributed by atoms with Crippen LogP contribution in [0.3, 0.4) is 0 Å². The maximum absolute atomic E-state index is 13.0. The zero-order chi connectivity index (χ0) is 25.8. The minimum absolute atomic E-state index is 0.118. The van der Waals surface area contributed by atoms with Gasteiger partial charge < -0.3 is 4.74 Å². The maximum atomic E-state index is 13.0. The Kier molecular flexibility index (Phi) is 8.11. The van der Waals surface area contributed by atoms with Crippen LogP contribution in [0.4, 0.5) is 8.92 Å². The van der Waals surface area contributed by atoms with Crippen molar-refractivity contribution in [2.45, 2.75) is 45.1 Å². The third-order valence-corrected chi connectivity index (χ3v) is 7.82. The molecule has 0 N–H and O–H groups in total. The topological polar surface area (TPSA) is 21.7 Å². The van der Waals surface area contributed by atoms with Crippen LogP contribution in [-0.4, -0.2) is 37.3 Å². The van der Waals surface area contributed by atoms with Crippen LogP contribution in [0.15, 0.2) is 60.7 Å². The van der Waals surface area contributed by atoms with E-state index in [-0.39, 0.29) is 18.5 Å². The highest BCUT2D eigenvalue weighted by atomic mass is 35.5. The summed E-state index contributed by atoms with van der Waals surface area (Å²) in [6.45, 7) is 4.29. The van der Waals surface area contributed by atoms with Gasteiger partial charge in [-0.15, -0.1) is 0 Å². The second kappa shape index (κ2) is 11.7. The van der Waals surface area contributed by atoms with Gasteiger partial charge in [0.05, 0.1) is 6.67 Å². The van der Waals surface area contributed by atoms with Gasteiger partial charge in [-0.25, -0.2) is 0 Å². The fraction of sp³-hybridized carbons (Fsp3) is 0.355. The summed E-state index contributed by atoms with van der Waals surface area (Å²) >= 11 is 6.53. The third-order valence-electron chi connectivity index (χ3n) is 7.41. The Morgan fingerprint density at radius 1 is 0.973 bits per heavy atom. The molecule has 1 aliphatic carbocycles. The molecule has 0 radical (unpaired) electrons. The molecule has 1 atom stereocenters. The number of fused-ring (bicyclic) bond motifs is 1. The number of nitrogens with zero attached hydrogens (tertiary/aromatic N) is 1. The molecule has 1 heterocycles. The monoisotopic (exact) mass is 523 g/mol. The Labute approximate surface area is 222 Å². The summed E-state index contributed by atoms with van der Waals surface area (Å²) in [4.78, 5) is 6.30. The third kappa shape index (κ3) is 5.83. The number of halogens is 3. The van der Waals surface area contributed by atoms with Gasteiger partial charge in [0.2, 0.25) is 0 Å². The lowest BCUT2D eigenvalue weighted by molar-refractivity contribution is -0.00629. The molecule has 3 nitrogen and oxygen atoms in total. The highest BCUT2D eigenvalue weighted by molar-refractivity contribution is 6.31. The smallest absolute Gasteiger partial charge is 0.172 e. The molecule has 0 amide bonds. The van der Waals surface area contributed by atoms with Crippen LogP contribution >= 0.6 is 11.6 Å². The number of aryl methyl sites for hydroxylation is 2. The molecule has 37 heavy (non-hydrogen) atoms. The molecular weight excluding hydrogens is 492 g/mol. The van der Waals surface area contributed by atoms with E-state index in [0.29, 0.717) is 6.42 Å². The van der Waals surface area contributed by atoms with Crippen LogP contribution in [0.1, 0.15) is 53.5 Å². The zero-order valence-corrected chi connectivity index (χ0v) is 21.9. The van der Waals surface area contributed by atoms with E-state index in [2.05, 4.69) is 34.1 Å². The molecule has 3 aromatic carbocycles. The Morgan fingerprint density at radius 3 is 2.51 bits per heavy atom. The molecule has 194 valence electrons. The molecule has 1 fully saturated rings. The summed E-state index contributed by atoms with van der Waals surface area (Å²) in [7, 11) is 0. The van der Waals surface area contributed by atoms with E-state index in [1.54, 1.807) is 12.1 Å². The van der Waals surface area contributed by atoms with E-state index in [1.165, 1.54) is 5.57 Å². The number of hydrogen-bond donors (Lipinski definition) is 0. The van der Waals surface area contributed by atoms with Gasteiger partial charge in [-0.2, -0.15) is 0 Å². The molecule has 1 aliphatic heterocycles. The van der Waals surface area contributed by atoms with Crippen LogP contribution in [0.5, 0.6) is 11.5 Å². The van der Waals surface area contributed by atoms with Crippen LogP contribution in [-0.2, 0) is 6.42 Å². The summed E-state index contributed by atoms with van der Waals surface area (Å²) in [5.74, 6) is 1.05. The van der Waals surface area contributed by atoms with Gasteiger partial charge >= 0.3 is 0 Å². The molecule has 1 saturated heterocycles. The number of alkyl halides is 1. The minimum Gasteiger partial charge on any atom is -0.489 e. The largest absolute Gasteiger partial charge is 0.489 e. The minimum atomic E-state index is -0.276. The van der Waals surface area contributed by atoms with Crippen LogP contribution < -0.4 is 9.68 Å². The number of likely N-dealkylation sites (tertiary alicyclic amines) is 1. The van der Waals surface area contributed by atoms with Crippen molar-refractivity contribution in [3.05, 3.63) is 93.5 Å². The fourth-order valence-corrected chi connectivity index (χ4v) is 5.66. The number of allylic oxidation sites excluding steroid dienone is 1. The summed E-state index contributed by atoms with van der Waals surface area (Å²) in [6.07, 6.45) is 4.29. The first-order valence-electron chi connectivity index (χ1n) is 13.0. The second-order valence-electron chi connectivity index (χ2n) is 9.96. The lowest BCUT2D eigenvalue weighted by atomic mass is 9.87. The van der Waals surface area contributed by atoms with Gasteiger partial charge in [0.1, 0.15) is 11.9 Å². The highest BCUT2D eigenvalue weighted by Gasteiger charge is 2.24. The van der Waals surface area contributed by atoms with E-state index in [4.69, 9.17) is 16.3 Å². The van der Waals surface area contributed by atoms with Crippen molar-refractivity contribution >= 4 is 22.7 Å². The second-order valence-corrected chi connectivity index (χ2v) is 10.4. The normalized spacial score (nSPS) is 18.0. The van der Waals surface area contributed by atoms with Gasteiger partial charge in [-0.1, -0.05) is 41.9 Å². The van der Waals surface area contributed by atoms with Gasteiger partial charge in [-0.05, 0) is 108 Å². The molecule has 5 rings (SSSR count). The molecule has 0 spiro atoms. The summed E-state index contributed by atoms with van der Waals surface area (Å²) in [5.41, 5.74) is 7.72. The summed E-state index contributed by atoms with van der Waals surface area (Å²) < 4.78 is 31.8. The Bertz CT molecular complexity index is 1270. The van der Waals surface area contributed by atoms with Gasteiger partial charge in [-0.3, -0.25) is 14.2 Å². The Balaban J connectivity index is 1.49. The van der Waals surface area contributed by atoms with Gasteiger partial charge in [0.25, 0.3) is 0 Å². The predicted molar refractivity (Wildman–Crippen MR) is 146 cm³/mol. The molecule has 2 aliphatic rings. The fourth-order valence-electron chi connectivity index (χ4n) is 5.48. The van der Waals surface area contributed by atoms with E-state index in [0.717, 1.165) is 89.5 Å². The van der Waals surface area contributed by atoms with E-state index in [9.17, 15) is 8.92 Å². The van der Waals surface area contributed by atoms with E-state index >= 15 is 0 Å². The van der Waals surface area contributed by atoms with Crippen molar-refractivity contribution in [3.8, 4) is 11.5 Å². The molecule has 3 aromatic rings. The van der Waals surface area contributed by atoms with E-state index < -0.39 is 0 Å².